The summed E-state index contributed by atoms with van der Waals surface area (Å²) in [6.07, 6.45) is 3.42. The van der Waals surface area contributed by atoms with Crippen molar-refractivity contribution in [3.05, 3.63) is 0 Å². The van der Waals surface area contributed by atoms with Crippen molar-refractivity contribution in [3.63, 3.8) is 0 Å². The fourth-order valence-corrected chi connectivity index (χ4v) is 2.74. The molecule has 1 saturated heterocycles. The van der Waals surface area contributed by atoms with Crippen LogP contribution in [0.1, 0.15) is 13.3 Å². The molecule has 0 spiro atoms. The Hall–Kier alpha value is -0.395. The molecule has 0 radical (unpaired) electrons. The number of amides is 1. The van der Waals surface area contributed by atoms with Crippen LogP contribution in [0.15, 0.2) is 0 Å². The summed E-state index contributed by atoms with van der Waals surface area (Å²) in [5, 5.41) is 0. The molecule has 1 heterocycles. The second-order valence-corrected chi connectivity index (χ2v) is 5.47. The summed E-state index contributed by atoms with van der Waals surface area (Å²) >= 11 is 0. The summed E-state index contributed by atoms with van der Waals surface area (Å²) in [5.41, 5.74) is 0. The number of hydrogen-bond acceptors (Lipinski definition) is 1. The molecule has 1 fully saturated rings. The van der Waals surface area contributed by atoms with Gasteiger partial charge in [-0.2, -0.15) is 0 Å². The van der Waals surface area contributed by atoms with Crippen LogP contribution >= 0.6 is 0 Å². The van der Waals surface area contributed by atoms with E-state index in [1.54, 1.807) is 6.92 Å². The van der Waals surface area contributed by atoms with Crippen LogP contribution in [-0.4, -0.2) is 42.5 Å². The predicted octanol–water partition coefficient (Wildman–Crippen LogP) is 1.74. The predicted molar refractivity (Wildman–Crippen MR) is 55.2 cm³/mol. The lowest BCUT2D eigenvalue weighted by molar-refractivity contribution is -0.128. The summed E-state index contributed by atoms with van der Waals surface area (Å²) in [5.74, 6) is 2.54. The van der Waals surface area contributed by atoms with Crippen molar-refractivity contribution in [2.24, 2.45) is 0 Å². The van der Waals surface area contributed by atoms with Crippen molar-refractivity contribution in [2.75, 3.05) is 24.4 Å². The third-order valence-corrected chi connectivity index (χ3v) is 3.48. The third kappa shape index (κ3) is 9.90. The molecule has 0 aromatic carbocycles. The fraction of sp³-hybridized carbons (Fsp3) is 0.857. The van der Waals surface area contributed by atoms with Gasteiger partial charge in [-0.05, 0) is 0 Å². The van der Waals surface area contributed by atoms with Crippen molar-refractivity contribution in [1.82, 2.24) is 4.90 Å². The van der Waals surface area contributed by atoms with Crippen molar-refractivity contribution in [2.45, 2.75) is 13.3 Å². The topological polar surface area (TPSA) is 20.3 Å². The average Bonchev–Trinajstić information content (AvgIpc) is 2.00. The lowest BCUT2D eigenvalue weighted by Crippen LogP contribution is -2.40. The van der Waals surface area contributed by atoms with Crippen LogP contribution in [0.3, 0.4) is 0 Å². The molecule has 0 aromatic rings. The first kappa shape index (κ1) is 14.6. The number of carbonyl (C=O) groups is 1. The number of carbonyl (C=O) groups excluding carboxylic acids is 1. The molecular formula is C7H14BF4NOS. The zero-order chi connectivity index (χ0) is 12.1. The Balaban J connectivity index is 0.000000336. The minimum absolute atomic E-state index is 0.235. The molecule has 0 saturated carbocycles. The van der Waals surface area contributed by atoms with Gasteiger partial charge in [-0.3, -0.25) is 4.79 Å². The van der Waals surface area contributed by atoms with Gasteiger partial charge in [0.2, 0.25) is 5.91 Å². The average molecular weight is 247 g/mol. The zero-order valence-corrected chi connectivity index (χ0v) is 9.50. The van der Waals surface area contributed by atoms with Crippen molar-refractivity contribution in [1.29, 1.82) is 0 Å². The lowest BCUT2D eigenvalue weighted by Gasteiger charge is -2.23. The molecule has 1 rings (SSSR count). The smallest absolute Gasteiger partial charge is 0.418 e. The molecule has 1 aliphatic rings. The van der Waals surface area contributed by atoms with Gasteiger partial charge < -0.3 is 22.2 Å². The van der Waals surface area contributed by atoms with E-state index in [1.807, 2.05) is 4.90 Å². The largest absolute Gasteiger partial charge is 0.673 e. The zero-order valence-electron chi connectivity index (χ0n) is 8.68. The van der Waals surface area contributed by atoms with Crippen LogP contribution in [0.4, 0.5) is 17.3 Å². The van der Waals surface area contributed by atoms with Crippen LogP contribution in [0, 0.1) is 0 Å². The van der Waals surface area contributed by atoms with Gasteiger partial charge in [-0.25, -0.2) is 0 Å². The van der Waals surface area contributed by atoms with Gasteiger partial charge in [-0.15, -0.1) is 0 Å². The first-order chi connectivity index (χ1) is 6.70. The number of halogens is 4. The standard InChI is InChI=1S/C7H14NOS.BF4/c1-7(9)8-4-3-5-10(2)6-8;2-1(3,4)5/h3-6H2,1-2H3;/q+1;-1. The summed E-state index contributed by atoms with van der Waals surface area (Å²) in [6.45, 7) is 2.63. The molecule has 15 heavy (non-hydrogen) atoms. The molecule has 8 heteroatoms. The molecule has 1 amide bonds. The van der Waals surface area contributed by atoms with E-state index in [1.165, 1.54) is 12.2 Å². The Kier molecular flexibility index (Phi) is 6.08. The van der Waals surface area contributed by atoms with E-state index < -0.39 is 7.25 Å². The first-order valence-electron chi connectivity index (χ1n) is 4.42. The quantitative estimate of drug-likeness (QED) is 0.362. The van der Waals surface area contributed by atoms with Gasteiger partial charge in [0.1, 0.15) is 5.75 Å². The fourth-order valence-electron chi connectivity index (χ4n) is 1.15. The maximum Gasteiger partial charge on any atom is 0.673 e. The minimum atomic E-state index is -6.00. The summed E-state index contributed by atoms with van der Waals surface area (Å²) in [7, 11) is -5.54. The summed E-state index contributed by atoms with van der Waals surface area (Å²) < 4.78 is 39.0. The highest BCUT2D eigenvalue weighted by Gasteiger charge is 2.24. The molecule has 1 aliphatic heterocycles. The van der Waals surface area contributed by atoms with Gasteiger partial charge in [0, 0.05) is 30.8 Å². The van der Waals surface area contributed by atoms with E-state index >= 15 is 0 Å². The second-order valence-electron chi connectivity index (χ2n) is 3.25. The molecule has 0 bridgehead atoms. The van der Waals surface area contributed by atoms with Gasteiger partial charge in [-0.1, -0.05) is 0 Å². The van der Waals surface area contributed by atoms with E-state index in [0.29, 0.717) is 10.9 Å². The van der Waals surface area contributed by atoms with Crippen LogP contribution in [-0.2, 0) is 15.7 Å². The molecule has 1 unspecified atom stereocenters. The summed E-state index contributed by atoms with van der Waals surface area (Å²) in [4.78, 5) is 12.8. The van der Waals surface area contributed by atoms with Crippen LogP contribution < -0.4 is 0 Å². The van der Waals surface area contributed by atoms with Crippen molar-refractivity contribution >= 4 is 24.1 Å². The molecule has 0 aliphatic carbocycles. The second kappa shape index (κ2) is 6.24. The van der Waals surface area contributed by atoms with Gasteiger partial charge in [0.25, 0.3) is 0 Å². The van der Waals surface area contributed by atoms with E-state index in [-0.39, 0.29) is 5.91 Å². The SMILES string of the molecule is CC(=O)N1CCC[S+](C)C1.F[B-](F)(F)F. The van der Waals surface area contributed by atoms with E-state index in [0.717, 1.165) is 12.4 Å². The monoisotopic (exact) mass is 247 g/mol. The molecule has 1 atom stereocenters. The van der Waals surface area contributed by atoms with Crippen molar-refractivity contribution in [3.8, 4) is 0 Å². The normalized spacial score (nSPS) is 21.7. The third-order valence-electron chi connectivity index (χ3n) is 1.74. The summed E-state index contributed by atoms with van der Waals surface area (Å²) in [6, 6.07) is 0. The maximum atomic E-state index is 10.9. The number of nitrogens with zero attached hydrogens (tertiary/aromatic N) is 1. The molecule has 2 nitrogen and oxygen atoms in total. The van der Waals surface area contributed by atoms with E-state index in [2.05, 4.69) is 6.26 Å². The minimum Gasteiger partial charge on any atom is -0.418 e. The Morgan fingerprint density at radius 3 is 2.07 bits per heavy atom. The van der Waals surface area contributed by atoms with Crippen LogP contribution in [0.25, 0.3) is 0 Å². The highest BCUT2D eigenvalue weighted by atomic mass is 32.2. The Morgan fingerprint density at radius 2 is 1.80 bits per heavy atom. The highest BCUT2D eigenvalue weighted by Crippen LogP contribution is 2.08. The van der Waals surface area contributed by atoms with Gasteiger partial charge in [0.15, 0.2) is 5.88 Å². The van der Waals surface area contributed by atoms with Gasteiger partial charge in [0.05, 0.1) is 6.26 Å². The number of hydrogen-bond donors (Lipinski definition) is 0. The van der Waals surface area contributed by atoms with Crippen molar-refractivity contribution < 1.29 is 22.1 Å². The van der Waals surface area contributed by atoms with E-state index in [9.17, 15) is 22.1 Å². The number of rotatable bonds is 0. The van der Waals surface area contributed by atoms with Crippen LogP contribution in [0.2, 0.25) is 0 Å². The molecule has 0 aromatic heterocycles. The Bertz CT molecular complexity index is 208. The Morgan fingerprint density at radius 1 is 1.33 bits per heavy atom. The Labute approximate surface area is 89.5 Å². The maximum absolute atomic E-state index is 10.9. The van der Waals surface area contributed by atoms with Gasteiger partial charge >= 0.3 is 7.25 Å². The molecule has 0 N–H and O–H groups in total. The highest BCUT2D eigenvalue weighted by molar-refractivity contribution is 7.96. The van der Waals surface area contributed by atoms with E-state index in [4.69, 9.17) is 0 Å². The lowest BCUT2D eigenvalue weighted by atomic mass is 10.3. The molecular weight excluding hydrogens is 233 g/mol. The first-order valence-corrected chi connectivity index (χ1v) is 6.39. The molecule has 90 valence electrons. The van der Waals surface area contributed by atoms with Crippen LogP contribution in [0.5, 0.6) is 0 Å².